The van der Waals surface area contributed by atoms with Gasteiger partial charge >= 0.3 is 17.9 Å². The van der Waals surface area contributed by atoms with Crippen LogP contribution in [-0.2, 0) is 19.0 Å². The molecule has 2 aromatic rings. The fourth-order valence-corrected chi connectivity index (χ4v) is 7.03. The molecule has 0 spiro atoms. The zero-order valence-corrected chi connectivity index (χ0v) is 29.7. The molecule has 0 amide bonds. The highest BCUT2D eigenvalue weighted by molar-refractivity contribution is 14.1. The van der Waals surface area contributed by atoms with Crippen molar-refractivity contribution in [1.82, 2.24) is 0 Å². The van der Waals surface area contributed by atoms with Crippen LogP contribution in [0.2, 0.25) is 0 Å². The van der Waals surface area contributed by atoms with Crippen molar-refractivity contribution in [2.24, 2.45) is 0 Å². The summed E-state index contributed by atoms with van der Waals surface area (Å²) in [4.78, 5) is 37.5. The maximum atomic E-state index is 12.9. The van der Waals surface area contributed by atoms with Gasteiger partial charge in [0.25, 0.3) is 0 Å². The minimum atomic E-state index is -0.990. The fraction of sp³-hybridized carbons (Fsp3) is 0.190. The number of carbonyl (C=O) groups is 3. The molecule has 0 aliphatic rings. The summed E-state index contributed by atoms with van der Waals surface area (Å²) in [6.07, 6.45) is -0.990. The second-order valence-corrected chi connectivity index (χ2v) is 13.5. The van der Waals surface area contributed by atoms with Crippen LogP contribution in [0, 0.1) is 21.4 Å². The van der Waals surface area contributed by atoms with E-state index in [1.807, 2.05) is 12.1 Å². The van der Waals surface area contributed by atoms with Gasteiger partial charge in [-0.05, 0) is 167 Å². The minimum Gasteiger partial charge on any atom is -0.458 e. The molecule has 0 N–H and O–H groups in total. The summed E-state index contributed by atoms with van der Waals surface area (Å²) in [6, 6.07) is 7.33. The van der Waals surface area contributed by atoms with Gasteiger partial charge in [-0.25, -0.2) is 14.4 Å². The molecule has 0 saturated carbocycles. The van der Waals surface area contributed by atoms with Crippen LogP contribution < -0.4 is 0 Å². The van der Waals surface area contributed by atoms with E-state index in [0.717, 1.165) is 21.4 Å². The molecule has 33 heavy (non-hydrogen) atoms. The maximum Gasteiger partial charge on any atom is 0.339 e. The SMILES string of the molecule is C=C(C)C(=O)OCC(COC(=O)c1cc(I)cc(I)c1I)OC(=O)c1cc(I)cc(I)c1I. The van der Waals surface area contributed by atoms with E-state index in [1.54, 1.807) is 12.1 Å². The van der Waals surface area contributed by atoms with Gasteiger partial charge in [-0.15, -0.1) is 0 Å². The number of benzene rings is 2. The zero-order chi connectivity index (χ0) is 24.9. The van der Waals surface area contributed by atoms with Gasteiger partial charge in [0.05, 0.1) is 11.1 Å². The van der Waals surface area contributed by atoms with Crippen molar-refractivity contribution in [2.75, 3.05) is 13.2 Å². The van der Waals surface area contributed by atoms with Gasteiger partial charge in [0.15, 0.2) is 6.10 Å². The molecule has 0 heterocycles. The Kier molecular flexibility index (Phi) is 12.9. The average Bonchev–Trinajstić information content (AvgIpc) is 2.74. The second kappa shape index (κ2) is 14.1. The van der Waals surface area contributed by atoms with Gasteiger partial charge in [-0.3, -0.25) is 0 Å². The smallest absolute Gasteiger partial charge is 0.339 e. The molecule has 0 fully saturated rings. The first kappa shape index (κ1) is 30.2. The maximum absolute atomic E-state index is 12.9. The number of hydrogen-bond acceptors (Lipinski definition) is 6. The molecule has 1 atom stereocenters. The third-order valence-electron chi connectivity index (χ3n) is 3.85. The molecule has 0 radical (unpaired) electrons. The standard InChI is InChI=1S/C21H14I6O6/c1-9(2)19(28)31-7-12(33-21(30)14-4-11(23)6-16(25)18(14)27)8-32-20(29)13-3-10(22)5-15(24)17(13)26/h3-6,12H,1,7-8H2,2H3. The number of ether oxygens (including phenoxy) is 3. The van der Waals surface area contributed by atoms with Crippen LogP contribution in [-0.4, -0.2) is 37.2 Å². The van der Waals surface area contributed by atoms with Gasteiger partial charge in [0.1, 0.15) is 13.2 Å². The van der Waals surface area contributed by atoms with E-state index >= 15 is 0 Å². The summed E-state index contributed by atoms with van der Waals surface area (Å²) >= 11 is 12.7. The first-order valence-corrected chi connectivity index (χ1v) is 15.4. The summed E-state index contributed by atoms with van der Waals surface area (Å²) < 4.78 is 21.3. The molecule has 12 heteroatoms. The zero-order valence-electron chi connectivity index (χ0n) is 16.7. The highest BCUT2D eigenvalue weighted by Gasteiger charge is 2.24. The lowest BCUT2D eigenvalue weighted by Crippen LogP contribution is -2.31. The average molecular weight is 1120 g/mol. The van der Waals surface area contributed by atoms with E-state index in [2.05, 4.69) is 142 Å². The Balaban J connectivity index is 2.20. The van der Waals surface area contributed by atoms with Crippen LogP contribution in [0.4, 0.5) is 0 Å². The summed E-state index contributed by atoms with van der Waals surface area (Å²) in [6.45, 7) is 4.51. The molecular weight excluding hydrogens is 1110 g/mol. The largest absolute Gasteiger partial charge is 0.458 e. The number of rotatable bonds is 8. The molecule has 2 aromatic carbocycles. The highest BCUT2D eigenvalue weighted by Crippen LogP contribution is 2.25. The first-order chi connectivity index (χ1) is 15.4. The Morgan fingerprint density at radius 2 is 1.24 bits per heavy atom. The van der Waals surface area contributed by atoms with Gasteiger partial charge in [-0.1, -0.05) is 6.58 Å². The van der Waals surface area contributed by atoms with Crippen molar-refractivity contribution in [3.63, 3.8) is 0 Å². The van der Waals surface area contributed by atoms with E-state index in [1.165, 1.54) is 6.92 Å². The van der Waals surface area contributed by atoms with Crippen molar-refractivity contribution in [3.05, 3.63) is 69.0 Å². The van der Waals surface area contributed by atoms with Crippen molar-refractivity contribution in [3.8, 4) is 0 Å². The second-order valence-electron chi connectivity index (χ2n) is 6.50. The summed E-state index contributed by atoms with van der Waals surface area (Å²) in [5, 5.41) is 0. The third-order valence-corrected chi connectivity index (χ3v) is 11.2. The van der Waals surface area contributed by atoms with Crippen molar-refractivity contribution >= 4 is 153 Å². The number of esters is 3. The topological polar surface area (TPSA) is 78.9 Å². The monoisotopic (exact) mass is 1120 g/mol. The Labute approximate surface area is 272 Å². The lowest BCUT2D eigenvalue weighted by molar-refractivity contribution is -0.142. The van der Waals surface area contributed by atoms with Gasteiger partial charge in [-0.2, -0.15) is 0 Å². The molecule has 0 saturated heterocycles. The lowest BCUT2D eigenvalue weighted by atomic mass is 10.2. The van der Waals surface area contributed by atoms with Crippen molar-refractivity contribution in [1.29, 1.82) is 0 Å². The molecule has 2 rings (SSSR count). The van der Waals surface area contributed by atoms with E-state index in [0.29, 0.717) is 11.1 Å². The third kappa shape index (κ3) is 9.09. The van der Waals surface area contributed by atoms with Crippen molar-refractivity contribution < 1.29 is 28.6 Å². The first-order valence-electron chi connectivity index (χ1n) is 8.90. The summed E-state index contributed by atoms with van der Waals surface area (Å²) in [5.74, 6) is -1.77. The Bertz CT molecular complexity index is 1120. The molecule has 176 valence electrons. The molecule has 0 aromatic heterocycles. The van der Waals surface area contributed by atoms with E-state index < -0.39 is 24.0 Å². The minimum absolute atomic E-state index is 0.210. The molecular formula is C21H14I6O6. The van der Waals surface area contributed by atoms with Gasteiger partial charge in [0.2, 0.25) is 0 Å². The van der Waals surface area contributed by atoms with E-state index in [9.17, 15) is 14.4 Å². The normalized spacial score (nSPS) is 11.5. The number of halogens is 6. The number of carbonyl (C=O) groups excluding carboxylic acids is 3. The Morgan fingerprint density at radius 3 is 1.73 bits per heavy atom. The van der Waals surface area contributed by atoms with Crippen LogP contribution in [0.3, 0.4) is 0 Å². The fourth-order valence-electron chi connectivity index (χ4n) is 2.28. The molecule has 0 aliphatic carbocycles. The predicted octanol–water partition coefficient (Wildman–Crippen LogP) is 6.82. The summed E-state index contributed by atoms with van der Waals surface area (Å²) in [5.41, 5.74) is 1.01. The van der Waals surface area contributed by atoms with E-state index in [-0.39, 0.29) is 18.8 Å². The van der Waals surface area contributed by atoms with Crippen LogP contribution >= 0.6 is 136 Å². The molecule has 6 nitrogen and oxygen atoms in total. The number of hydrogen-bond donors (Lipinski definition) is 0. The molecule has 0 bridgehead atoms. The van der Waals surface area contributed by atoms with Gasteiger partial charge < -0.3 is 14.2 Å². The lowest BCUT2D eigenvalue weighted by Gasteiger charge is -2.19. The van der Waals surface area contributed by atoms with Crippen LogP contribution in [0.25, 0.3) is 0 Å². The van der Waals surface area contributed by atoms with Crippen LogP contribution in [0.5, 0.6) is 0 Å². The molecule has 1 unspecified atom stereocenters. The Hall–Kier alpha value is 0.970. The predicted molar refractivity (Wildman–Crippen MR) is 174 cm³/mol. The van der Waals surface area contributed by atoms with Crippen LogP contribution in [0.15, 0.2) is 36.4 Å². The summed E-state index contributed by atoms with van der Waals surface area (Å²) in [7, 11) is 0. The quantitative estimate of drug-likeness (QED) is 0.0952. The van der Waals surface area contributed by atoms with Crippen LogP contribution in [0.1, 0.15) is 27.6 Å². The van der Waals surface area contributed by atoms with Gasteiger partial charge in [0, 0.05) is 27.0 Å². The molecule has 0 aliphatic heterocycles. The highest BCUT2D eigenvalue weighted by atomic mass is 127. The van der Waals surface area contributed by atoms with Crippen molar-refractivity contribution in [2.45, 2.75) is 13.0 Å². The van der Waals surface area contributed by atoms with E-state index in [4.69, 9.17) is 14.2 Å². The Morgan fingerprint density at radius 1 is 0.788 bits per heavy atom.